The molecule has 0 N–H and O–H groups in total. The van der Waals surface area contributed by atoms with Crippen LogP contribution in [0.2, 0.25) is 0 Å². The number of aromatic nitrogens is 4. The zero-order valence-corrected chi connectivity index (χ0v) is 31.0. The SMILES string of the molecule is N#Cc1cc(-c2ccccn2)cc(-c2cccc3c2-c2ccccc2C32c3ccccc3Oc3c(-c4nc(-c5ccccc5)nc(-c5ccccc5)n4)cccc32)c1. The van der Waals surface area contributed by atoms with Crippen LogP contribution in [0.15, 0.2) is 188 Å². The molecule has 0 bridgehead atoms. The van der Waals surface area contributed by atoms with Crippen LogP contribution >= 0.6 is 0 Å². The van der Waals surface area contributed by atoms with Crippen LogP contribution in [0.3, 0.4) is 0 Å². The van der Waals surface area contributed by atoms with Crippen molar-refractivity contribution in [3.8, 4) is 85.2 Å². The molecule has 0 fully saturated rings. The summed E-state index contributed by atoms with van der Waals surface area (Å²) in [5.41, 5.74) is 12.6. The highest BCUT2D eigenvalue weighted by molar-refractivity contribution is 5.97. The molecule has 11 rings (SSSR count). The van der Waals surface area contributed by atoms with Crippen molar-refractivity contribution in [2.24, 2.45) is 0 Å². The van der Waals surface area contributed by atoms with Gasteiger partial charge in [0, 0.05) is 34.0 Å². The number of hydrogen-bond donors (Lipinski definition) is 0. The van der Waals surface area contributed by atoms with Crippen molar-refractivity contribution >= 4 is 0 Å². The molecule has 1 spiro atoms. The summed E-state index contributed by atoms with van der Waals surface area (Å²) in [4.78, 5) is 19.9. The number of benzene rings is 7. The number of rotatable bonds is 5. The van der Waals surface area contributed by atoms with Crippen molar-refractivity contribution in [3.63, 3.8) is 0 Å². The lowest BCUT2D eigenvalue weighted by Crippen LogP contribution is -2.32. The Hall–Kier alpha value is -8.01. The lowest BCUT2D eigenvalue weighted by molar-refractivity contribution is 0.437. The van der Waals surface area contributed by atoms with Gasteiger partial charge in [-0.1, -0.05) is 140 Å². The average Bonchev–Trinajstić information content (AvgIpc) is 3.60. The van der Waals surface area contributed by atoms with Gasteiger partial charge in [-0.2, -0.15) is 5.26 Å². The van der Waals surface area contributed by atoms with E-state index >= 15 is 0 Å². The smallest absolute Gasteiger partial charge is 0.167 e. The van der Waals surface area contributed by atoms with Crippen LogP contribution in [0.4, 0.5) is 0 Å². The maximum atomic E-state index is 10.2. The van der Waals surface area contributed by atoms with Crippen LogP contribution in [0.5, 0.6) is 11.5 Å². The van der Waals surface area contributed by atoms with Crippen LogP contribution in [-0.4, -0.2) is 19.9 Å². The summed E-state index contributed by atoms with van der Waals surface area (Å²) in [7, 11) is 0. The molecule has 0 amide bonds. The van der Waals surface area contributed by atoms with Crippen LogP contribution in [0.25, 0.3) is 67.7 Å². The molecule has 1 unspecified atom stereocenters. The first-order valence-electron chi connectivity index (χ1n) is 19.2. The number of ether oxygens (including phenoxy) is 1. The second kappa shape index (κ2) is 13.3. The van der Waals surface area contributed by atoms with Gasteiger partial charge >= 0.3 is 0 Å². The summed E-state index contributed by atoms with van der Waals surface area (Å²) < 4.78 is 7.04. The van der Waals surface area contributed by atoms with E-state index in [9.17, 15) is 5.26 Å². The molecule has 0 saturated carbocycles. The van der Waals surface area contributed by atoms with Crippen molar-refractivity contribution < 1.29 is 4.74 Å². The molecule has 1 aliphatic carbocycles. The van der Waals surface area contributed by atoms with E-state index in [4.69, 9.17) is 19.7 Å². The van der Waals surface area contributed by atoms with E-state index in [1.807, 2.05) is 103 Å². The van der Waals surface area contributed by atoms with Gasteiger partial charge in [0.15, 0.2) is 17.5 Å². The van der Waals surface area contributed by atoms with Crippen LogP contribution in [0, 0.1) is 11.3 Å². The lowest BCUT2D eigenvalue weighted by Gasteiger charge is -2.40. The van der Waals surface area contributed by atoms with E-state index in [0.29, 0.717) is 28.8 Å². The first kappa shape index (κ1) is 33.3. The van der Waals surface area contributed by atoms with Crippen molar-refractivity contribution in [2.75, 3.05) is 0 Å². The normalized spacial score (nSPS) is 14.4. The topological polar surface area (TPSA) is 84.6 Å². The molecule has 1 atom stereocenters. The van der Waals surface area contributed by atoms with Gasteiger partial charge < -0.3 is 4.74 Å². The fraction of sp³-hybridized carbons (Fsp3) is 0.0192. The minimum absolute atomic E-state index is 0.523. The van der Waals surface area contributed by atoms with E-state index in [-0.39, 0.29) is 0 Å². The molecule has 3 heterocycles. The van der Waals surface area contributed by atoms with E-state index in [1.165, 1.54) is 0 Å². The van der Waals surface area contributed by atoms with Crippen LogP contribution in [0.1, 0.15) is 27.8 Å². The molecule has 1 aliphatic heterocycles. The predicted molar refractivity (Wildman–Crippen MR) is 227 cm³/mol. The number of para-hydroxylation sites is 2. The van der Waals surface area contributed by atoms with Crippen molar-refractivity contribution in [1.82, 2.24) is 19.9 Å². The Labute approximate surface area is 335 Å². The summed E-state index contributed by atoms with van der Waals surface area (Å²) in [6, 6.07) is 64.2. The molecule has 7 aromatic carbocycles. The quantitative estimate of drug-likeness (QED) is 0.175. The van der Waals surface area contributed by atoms with E-state index < -0.39 is 5.41 Å². The van der Waals surface area contributed by atoms with Gasteiger partial charge in [-0.25, -0.2) is 15.0 Å². The third-order valence-electron chi connectivity index (χ3n) is 11.3. The number of hydrogen-bond acceptors (Lipinski definition) is 6. The molecule has 2 aliphatic rings. The highest BCUT2D eigenvalue weighted by Crippen LogP contribution is 2.64. The molecular weight excluding hydrogens is 711 g/mol. The summed E-state index contributed by atoms with van der Waals surface area (Å²) in [6.45, 7) is 0. The van der Waals surface area contributed by atoms with Gasteiger partial charge in [-0.15, -0.1) is 0 Å². The third-order valence-corrected chi connectivity index (χ3v) is 11.3. The maximum absolute atomic E-state index is 10.2. The van der Waals surface area contributed by atoms with Crippen LogP contribution < -0.4 is 4.74 Å². The molecule has 270 valence electrons. The number of pyridine rings is 1. The highest BCUT2D eigenvalue weighted by Gasteiger charge is 2.52. The Bertz CT molecular complexity index is 3050. The van der Waals surface area contributed by atoms with Crippen molar-refractivity contribution in [1.29, 1.82) is 5.26 Å². The highest BCUT2D eigenvalue weighted by atomic mass is 16.5. The first-order valence-corrected chi connectivity index (χ1v) is 19.2. The van der Waals surface area contributed by atoms with Crippen LogP contribution in [-0.2, 0) is 5.41 Å². The number of nitrogens with zero attached hydrogens (tertiary/aromatic N) is 5. The fourth-order valence-corrected chi connectivity index (χ4v) is 8.85. The fourth-order valence-electron chi connectivity index (χ4n) is 8.85. The largest absolute Gasteiger partial charge is 0.456 e. The Morgan fingerprint density at radius 1 is 0.448 bits per heavy atom. The van der Waals surface area contributed by atoms with E-state index in [1.54, 1.807) is 6.20 Å². The lowest BCUT2D eigenvalue weighted by atomic mass is 9.65. The number of fused-ring (bicyclic) bond motifs is 9. The molecule has 6 heteroatoms. The molecule has 6 nitrogen and oxygen atoms in total. The average molecular weight is 742 g/mol. The Balaban J connectivity index is 1.19. The second-order valence-electron chi connectivity index (χ2n) is 14.5. The third kappa shape index (κ3) is 5.11. The van der Waals surface area contributed by atoms with Crippen molar-refractivity contribution in [3.05, 3.63) is 216 Å². The summed E-state index contributed by atoms with van der Waals surface area (Å²) in [5, 5.41) is 10.2. The summed E-state index contributed by atoms with van der Waals surface area (Å²) >= 11 is 0. The van der Waals surface area contributed by atoms with Gasteiger partial charge in [-0.3, -0.25) is 4.98 Å². The maximum Gasteiger partial charge on any atom is 0.167 e. The minimum Gasteiger partial charge on any atom is -0.456 e. The van der Waals surface area contributed by atoms with Gasteiger partial charge in [0.1, 0.15) is 11.5 Å². The number of nitriles is 1. The zero-order chi connectivity index (χ0) is 38.6. The van der Waals surface area contributed by atoms with Gasteiger partial charge in [-0.05, 0) is 75.8 Å². The molecule has 58 heavy (non-hydrogen) atoms. The standard InChI is InChI=1S/C52H31N5O/c53-32-33-29-36(31-37(30-33)45-26-11-12-28-54-45)38-20-13-24-43-47(38)39-19-7-8-22-41(39)52(43)42-23-9-10-27-46(42)58-48-40(21-14-25-44(48)52)51-56-49(34-15-3-1-4-16-34)55-50(57-51)35-17-5-2-6-18-35/h1-31H. The summed E-state index contributed by atoms with van der Waals surface area (Å²) in [5.74, 6) is 3.15. The monoisotopic (exact) mass is 741 g/mol. The zero-order valence-electron chi connectivity index (χ0n) is 31.0. The second-order valence-corrected chi connectivity index (χ2v) is 14.5. The molecule has 9 aromatic rings. The molecule has 0 radical (unpaired) electrons. The van der Waals surface area contributed by atoms with Crippen molar-refractivity contribution in [2.45, 2.75) is 5.41 Å². The first-order chi connectivity index (χ1) is 28.7. The van der Waals surface area contributed by atoms with E-state index in [2.05, 4.69) is 89.9 Å². The Morgan fingerprint density at radius 2 is 1.03 bits per heavy atom. The Morgan fingerprint density at radius 3 is 1.76 bits per heavy atom. The molecule has 0 saturated heterocycles. The van der Waals surface area contributed by atoms with Gasteiger partial charge in [0.25, 0.3) is 0 Å². The predicted octanol–water partition coefficient (Wildman–Crippen LogP) is 11.9. The molecular formula is C52H31N5O. The van der Waals surface area contributed by atoms with Gasteiger partial charge in [0.2, 0.25) is 0 Å². The minimum atomic E-state index is -0.754. The summed E-state index contributed by atoms with van der Waals surface area (Å²) in [6.07, 6.45) is 1.78. The van der Waals surface area contributed by atoms with E-state index in [0.717, 1.165) is 78.2 Å². The van der Waals surface area contributed by atoms with Gasteiger partial charge in [0.05, 0.1) is 28.3 Å². The molecule has 2 aromatic heterocycles. The Kier molecular flexibility index (Phi) is 7.66.